The number of ether oxygens (including phenoxy) is 1. The summed E-state index contributed by atoms with van der Waals surface area (Å²) < 4.78 is 5.79. The van der Waals surface area contributed by atoms with E-state index in [4.69, 9.17) is 9.72 Å². The molecular weight excluding hydrogens is 244 g/mol. The Hall–Kier alpha value is -0.450. The highest BCUT2D eigenvalue weighted by atomic mass is 32.1. The molecule has 0 aromatic carbocycles. The Kier molecular flexibility index (Phi) is 3.97. The lowest BCUT2D eigenvalue weighted by Crippen LogP contribution is -2.39. The largest absolute Gasteiger partial charge is 0.375 e. The van der Waals surface area contributed by atoms with Gasteiger partial charge in [-0.2, -0.15) is 0 Å². The summed E-state index contributed by atoms with van der Waals surface area (Å²) in [5, 5.41) is 4.77. The molecule has 0 spiro atoms. The summed E-state index contributed by atoms with van der Waals surface area (Å²) in [5.41, 5.74) is 1.23. The lowest BCUT2D eigenvalue weighted by Gasteiger charge is -2.23. The third kappa shape index (κ3) is 2.76. The topological polar surface area (TPSA) is 34.2 Å². The molecule has 1 unspecified atom stereocenters. The fourth-order valence-corrected chi connectivity index (χ4v) is 4.24. The normalized spacial score (nSPS) is 25.7. The molecule has 18 heavy (non-hydrogen) atoms. The average molecular weight is 266 g/mol. The van der Waals surface area contributed by atoms with Crippen LogP contribution >= 0.6 is 11.3 Å². The fourth-order valence-electron chi connectivity index (χ4n) is 2.94. The van der Waals surface area contributed by atoms with Crippen LogP contribution in [0.25, 0.3) is 0 Å². The van der Waals surface area contributed by atoms with E-state index in [9.17, 15) is 0 Å². The summed E-state index contributed by atoms with van der Waals surface area (Å²) >= 11 is 1.93. The molecule has 3 nitrogen and oxygen atoms in total. The SMILES string of the molecule is Cc1nc(C2CCCC2)sc1CC1CNCCO1. The number of thiazole rings is 1. The Labute approximate surface area is 113 Å². The van der Waals surface area contributed by atoms with Crippen molar-refractivity contribution in [2.24, 2.45) is 0 Å². The molecule has 4 heteroatoms. The fraction of sp³-hybridized carbons (Fsp3) is 0.786. The van der Waals surface area contributed by atoms with E-state index in [1.807, 2.05) is 11.3 Å². The van der Waals surface area contributed by atoms with E-state index in [-0.39, 0.29) is 0 Å². The molecular formula is C14H22N2OS. The second-order valence-corrected chi connectivity index (χ2v) is 6.56. The van der Waals surface area contributed by atoms with Crippen LogP contribution in [-0.4, -0.2) is 30.8 Å². The van der Waals surface area contributed by atoms with E-state index >= 15 is 0 Å². The van der Waals surface area contributed by atoms with Gasteiger partial charge in [-0.3, -0.25) is 0 Å². The van der Waals surface area contributed by atoms with E-state index in [0.29, 0.717) is 6.10 Å². The third-order valence-electron chi connectivity index (χ3n) is 4.03. The van der Waals surface area contributed by atoms with Gasteiger partial charge in [-0.05, 0) is 19.8 Å². The monoisotopic (exact) mass is 266 g/mol. The number of nitrogens with one attached hydrogen (secondary N) is 1. The second kappa shape index (κ2) is 5.68. The summed E-state index contributed by atoms with van der Waals surface area (Å²) in [5.74, 6) is 0.743. The lowest BCUT2D eigenvalue weighted by molar-refractivity contribution is 0.0296. The van der Waals surface area contributed by atoms with Crippen LogP contribution in [0.2, 0.25) is 0 Å². The first-order valence-electron chi connectivity index (χ1n) is 7.11. The average Bonchev–Trinajstić information content (AvgIpc) is 3.01. The lowest BCUT2D eigenvalue weighted by atomic mass is 10.1. The standard InChI is InChI=1S/C14H22N2OS/c1-10-13(8-12-9-15-6-7-17-12)18-14(16-10)11-4-2-3-5-11/h11-12,15H,2-9H2,1H3. The summed E-state index contributed by atoms with van der Waals surface area (Å²) in [6, 6.07) is 0. The molecule has 100 valence electrons. The van der Waals surface area contributed by atoms with Gasteiger partial charge in [0.2, 0.25) is 0 Å². The molecule has 1 aromatic heterocycles. The molecule has 1 saturated carbocycles. The Morgan fingerprint density at radius 1 is 1.39 bits per heavy atom. The zero-order valence-electron chi connectivity index (χ0n) is 11.1. The number of rotatable bonds is 3. The van der Waals surface area contributed by atoms with Crippen LogP contribution in [0, 0.1) is 6.92 Å². The number of nitrogens with zero attached hydrogens (tertiary/aromatic N) is 1. The van der Waals surface area contributed by atoms with Crippen molar-refractivity contribution in [1.82, 2.24) is 10.3 Å². The maximum atomic E-state index is 5.79. The number of hydrogen-bond donors (Lipinski definition) is 1. The summed E-state index contributed by atoms with van der Waals surface area (Å²) in [6.45, 7) is 4.97. The first kappa shape index (κ1) is 12.6. The molecule has 1 saturated heterocycles. The van der Waals surface area contributed by atoms with E-state index in [0.717, 1.165) is 32.0 Å². The molecule has 0 radical (unpaired) electrons. The van der Waals surface area contributed by atoms with Crippen molar-refractivity contribution in [2.45, 2.75) is 51.0 Å². The second-order valence-electron chi connectivity index (χ2n) is 5.44. The summed E-state index contributed by atoms with van der Waals surface area (Å²) in [4.78, 5) is 6.24. The molecule has 3 rings (SSSR count). The molecule has 1 N–H and O–H groups in total. The first-order chi connectivity index (χ1) is 8.83. The molecule has 1 atom stereocenters. The highest BCUT2D eigenvalue weighted by molar-refractivity contribution is 7.11. The molecule has 1 aliphatic carbocycles. The van der Waals surface area contributed by atoms with Gasteiger partial charge < -0.3 is 10.1 Å². The van der Waals surface area contributed by atoms with Crippen molar-refractivity contribution >= 4 is 11.3 Å². The van der Waals surface area contributed by atoms with Crippen molar-refractivity contribution in [3.8, 4) is 0 Å². The van der Waals surface area contributed by atoms with Gasteiger partial charge in [-0.15, -0.1) is 11.3 Å². The molecule has 0 bridgehead atoms. The van der Waals surface area contributed by atoms with Gasteiger partial charge >= 0.3 is 0 Å². The maximum Gasteiger partial charge on any atom is 0.0961 e. The Balaban J connectivity index is 1.67. The zero-order valence-corrected chi connectivity index (χ0v) is 11.9. The van der Waals surface area contributed by atoms with Crippen LogP contribution in [0.4, 0.5) is 0 Å². The Morgan fingerprint density at radius 2 is 2.22 bits per heavy atom. The van der Waals surface area contributed by atoms with E-state index in [1.165, 1.54) is 41.3 Å². The maximum absolute atomic E-state index is 5.79. The van der Waals surface area contributed by atoms with E-state index in [2.05, 4.69) is 12.2 Å². The minimum Gasteiger partial charge on any atom is -0.375 e. The smallest absolute Gasteiger partial charge is 0.0961 e. The Bertz CT molecular complexity index is 392. The van der Waals surface area contributed by atoms with Crippen LogP contribution in [0.15, 0.2) is 0 Å². The summed E-state index contributed by atoms with van der Waals surface area (Å²) in [7, 11) is 0. The van der Waals surface area contributed by atoms with Crippen LogP contribution in [0.3, 0.4) is 0 Å². The van der Waals surface area contributed by atoms with Gasteiger partial charge in [0, 0.05) is 30.3 Å². The minimum absolute atomic E-state index is 0.342. The van der Waals surface area contributed by atoms with Gasteiger partial charge in [-0.25, -0.2) is 4.98 Å². The third-order valence-corrected chi connectivity index (χ3v) is 5.37. The molecule has 2 fully saturated rings. The van der Waals surface area contributed by atoms with Crippen molar-refractivity contribution in [3.63, 3.8) is 0 Å². The number of morpholine rings is 1. The highest BCUT2D eigenvalue weighted by Gasteiger charge is 2.23. The van der Waals surface area contributed by atoms with Crippen molar-refractivity contribution in [3.05, 3.63) is 15.6 Å². The number of aromatic nitrogens is 1. The van der Waals surface area contributed by atoms with Crippen LogP contribution in [0.1, 0.15) is 47.2 Å². The number of hydrogen-bond acceptors (Lipinski definition) is 4. The molecule has 1 aromatic rings. The zero-order chi connectivity index (χ0) is 12.4. The first-order valence-corrected chi connectivity index (χ1v) is 7.93. The Morgan fingerprint density at radius 3 is 2.94 bits per heavy atom. The van der Waals surface area contributed by atoms with Gasteiger partial charge in [0.05, 0.1) is 23.4 Å². The quantitative estimate of drug-likeness (QED) is 0.913. The highest BCUT2D eigenvalue weighted by Crippen LogP contribution is 2.37. The van der Waals surface area contributed by atoms with Crippen molar-refractivity contribution in [1.29, 1.82) is 0 Å². The predicted molar refractivity (Wildman–Crippen MR) is 74.4 cm³/mol. The van der Waals surface area contributed by atoms with Crippen LogP contribution < -0.4 is 5.32 Å². The van der Waals surface area contributed by atoms with Gasteiger partial charge in [-0.1, -0.05) is 12.8 Å². The minimum atomic E-state index is 0.342. The van der Waals surface area contributed by atoms with Gasteiger partial charge in [0.25, 0.3) is 0 Å². The molecule has 1 aliphatic heterocycles. The number of aryl methyl sites for hydroxylation is 1. The molecule has 2 aliphatic rings. The summed E-state index contributed by atoms with van der Waals surface area (Å²) in [6.07, 6.45) is 6.82. The van der Waals surface area contributed by atoms with Crippen molar-refractivity contribution in [2.75, 3.05) is 19.7 Å². The molecule has 0 amide bonds. The van der Waals surface area contributed by atoms with E-state index in [1.54, 1.807) is 0 Å². The van der Waals surface area contributed by atoms with Gasteiger partial charge in [0.1, 0.15) is 0 Å². The molecule has 2 heterocycles. The van der Waals surface area contributed by atoms with Gasteiger partial charge in [0.15, 0.2) is 0 Å². The predicted octanol–water partition coefficient (Wildman–Crippen LogP) is 2.64. The van der Waals surface area contributed by atoms with Crippen LogP contribution in [-0.2, 0) is 11.2 Å². The van der Waals surface area contributed by atoms with E-state index < -0.39 is 0 Å². The van der Waals surface area contributed by atoms with Crippen LogP contribution in [0.5, 0.6) is 0 Å². The van der Waals surface area contributed by atoms with Crippen molar-refractivity contribution < 1.29 is 4.74 Å².